The van der Waals surface area contributed by atoms with E-state index < -0.39 is 0 Å². The van der Waals surface area contributed by atoms with Crippen molar-refractivity contribution in [1.29, 1.82) is 0 Å². The number of ether oxygens (including phenoxy) is 1. The van der Waals surface area contributed by atoms with Crippen LogP contribution in [0.1, 0.15) is 25.5 Å². The lowest BCUT2D eigenvalue weighted by atomic mass is 10.1. The smallest absolute Gasteiger partial charge is 0.131 e. The van der Waals surface area contributed by atoms with E-state index in [1.807, 2.05) is 18.8 Å². The predicted molar refractivity (Wildman–Crippen MR) is 76.9 cm³/mol. The van der Waals surface area contributed by atoms with Gasteiger partial charge in [0.15, 0.2) is 0 Å². The molecule has 4 heteroatoms. The van der Waals surface area contributed by atoms with Gasteiger partial charge in [-0.25, -0.2) is 4.39 Å². The Kier molecular flexibility index (Phi) is 6.50. The van der Waals surface area contributed by atoms with Crippen molar-refractivity contribution in [1.82, 2.24) is 5.32 Å². The van der Waals surface area contributed by atoms with Crippen LogP contribution < -0.4 is 10.1 Å². The summed E-state index contributed by atoms with van der Waals surface area (Å²) in [6.07, 6.45) is 0. The van der Waals surface area contributed by atoms with Crippen LogP contribution in [0.3, 0.4) is 0 Å². The highest BCUT2D eigenvalue weighted by Gasteiger charge is 2.14. The number of halogens is 1. The van der Waals surface area contributed by atoms with Crippen molar-refractivity contribution >= 4 is 11.8 Å². The van der Waals surface area contributed by atoms with Crippen LogP contribution in [0.4, 0.5) is 4.39 Å². The quantitative estimate of drug-likeness (QED) is 0.820. The molecule has 18 heavy (non-hydrogen) atoms. The van der Waals surface area contributed by atoms with Crippen LogP contribution in [0.2, 0.25) is 0 Å². The second kappa shape index (κ2) is 7.64. The van der Waals surface area contributed by atoms with E-state index in [4.69, 9.17) is 4.74 Å². The van der Waals surface area contributed by atoms with E-state index in [0.717, 1.165) is 11.5 Å². The standard InChI is InChI=1S/C14H22FNOS/c1-10(2)8-18-9-14(16-3)12-6-5-11(17-4)7-13(12)15/h5-7,10,14,16H,8-9H2,1-4H3. The first kappa shape index (κ1) is 15.3. The van der Waals surface area contributed by atoms with Crippen LogP contribution in [-0.4, -0.2) is 25.7 Å². The van der Waals surface area contributed by atoms with Gasteiger partial charge in [-0.2, -0.15) is 11.8 Å². The molecule has 0 aliphatic rings. The number of methoxy groups -OCH3 is 1. The fourth-order valence-electron chi connectivity index (χ4n) is 1.67. The van der Waals surface area contributed by atoms with E-state index in [1.165, 1.54) is 6.07 Å². The first-order valence-corrected chi connectivity index (χ1v) is 7.32. The maximum absolute atomic E-state index is 13.9. The fraction of sp³-hybridized carbons (Fsp3) is 0.571. The zero-order valence-corrected chi connectivity index (χ0v) is 12.3. The van der Waals surface area contributed by atoms with Gasteiger partial charge in [-0.1, -0.05) is 19.9 Å². The van der Waals surface area contributed by atoms with E-state index in [1.54, 1.807) is 19.2 Å². The number of hydrogen-bond donors (Lipinski definition) is 1. The minimum absolute atomic E-state index is 0.0413. The maximum atomic E-state index is 13.9. The molecule has 0 saturated heterocycles. The molecule has 0 amide bonds. The van der Waals surface area contributed by atoms with Crippen molar-refractivity contribution in [2.45, 2.75) is 19.9 Å². The molecular formula is C14H22FNOS. The minimum atomic E-state index is -0.209. The molecule has 0 saturated carbocycles. The Morgan fingerprint density at radius 3 is 2.56 bits per heavy atom. The Labute approximate surface area is 113 Å². The summed E-state index contributed by atoms with van der Waals surface area (Å²) in [5.74, 6) is 2.97. The highest BCUT2D eigenvalue weighted by molar-refractivity contribution is 7.99. The van der Waals surface area contributed by atoms with Crippen molar-refractivity contribution in [2.24, 2.45) is 5.92 Å². The molecule has 0 aromatic heterocycles. The van der Waals surface area contributed by atoms with Gasteiger partial charge in [-0.15, -0.1) is 0 Å². The van der Waals surface area contributed by atoms with Gasteiger partial charge >= 0.3 is 0 Å². The summed E-state index contributed by atoms with van der Waals surface area (Å²) < 4.78 is 18.9. The number of benzene rings is 1. The topological polar surface area (TPSA) is 21.3 Å². The highest BCUT2D eigenvalue weighted by Crippen LogP contribution is 2.25. The van der Waals surface area contributed by atoms with Gasteiger partial charge < -0.3 is 10.1 Å². The Bertz CT molecular complexity index is 371. The molecule has 1 aromatic rings. The summed E-state index contributed by atoms with van der Waals surface area (Å²) in [5, 5.41) is 3.17. The summed E-state index contributed by atoms with van der Waals surface area (Å²) in [5.41, 5.74) is 0.703. The van der Waals surface area contributed by atoms with E-state index in [9.17, 15) is 4.39 Å². The van der Waals surface area contributed by atoms with Crippen molar-refractivity contribution in [3.05, 3.63) is 29.6 Å². The van der Waals surface area contributed by atoms with E-state index >= 15 is 0 Å². The average Bonchev–Trinajstić information content (AvgIpc) is 2.35. The molecule has 0 spiro atoms. The van der Waals surface area contributed by atoms with Gasteiger partial charge in [-0.3, -0.25) is 0 Å². The largest absolute Gasteiger partial charge is 0.497 e. The van der Waals surface area contributed by atoms with Crippen LogP contribution in [0.5, 0.6) is 5.75 Å². The molecular weight excluding hydrogens is 249 g/mol. The molecule has 0 aliphatic heterocycles. The van der Waals surface area contributed by atoms with Crippen molar-refractivity contribution in [2.75, 3.05) is 25.7 Å². The van der Waals surface area contributed by atoms with Crippen LogP contribution >= 0.6 is 11.8 Å². The van der Waals surface area contributed by atoms with Gasteiger partial charge in [0, 0.05) is 23.4 Å². The lowest BCUT2D eigenvalue weighted by Crippen LogP contribution is -2.20. The van der Waals surface area contributed by atoms with Crippen LogP contribution in [0.15, 0.2) is 18.2 Å². The predicted octanol–water partition coefficient (Wildman–Crippen LogP) is 3.48. The number of rotatable bonds is 7. The van der Waals surface area contributed by atoms with Crippen molar-refractivity contribution in [3.8, 4) is 5.75 Å². The van der Waals surface area contributed by atoms with E-state index in [-0.39, 0.29) is 11.9 Å². The highest BCUT2D eigenvalue weighted by atomic mass is 32.2. The average molecular weight is 271 g/mol. The number of nitrogens with one attached hydrogen (secondary N) is 1. The van der Waals surface area contributed by atoms with Gasteiger partial charge in [0.25, 0.3) is 0 Å². The van der Waals surface area contributed by atoms with Crippen molar-refractivity contribution in [3.63, 3.8) is 0 Å². The molecule has 102 valence electrons. The zero-order chi connectivity index (χ0) is 13.5. The third-order valence-corrected chi connectivity index (χ3v) is 4.14. The Morgan fingerprint density at radius 1 is 1.33 bits per heavy atom. The second-order valence-corrected chi connectivity index (χ2v) is 5.73. The molecule has 0 aliphatic carbocycles. The summed E-state index contributed by atoms with van der Waals surface area (Å²) in [4.78, 5) is 0. The van der Waals surface area contributed by atoms with Gasteiger partial charge in [-0.05, 0) is 24.8 Å². The molecule has 1 rings (SSSR count). The monoisotopic (exact) mass is 271 g/mol. The van der Waals surface area contributed by atoms with Gasteiger partial charge in [0.2, 0.25) is 0 Å². The van der Waals surface area contributed by atoms with Crippen LogP contribution in [0, 0.1) is 11.7 Å². The molecule has 0 radical (unpaired) electrons. The summed E-state index contributed by atoms with van der Waals surface area (Å²) in [6.45, 7) is 4.38. The van der Waals surface area contributed by atoms with Crippen molar-refractivity contribution < 1.29 is 9.13 Å². The Morgan fingerprint density at radius 2 is 2.06 bits per heavy atom. The molecule has 1 N–H and O–H groups in total. The molecule has 2 nitrogen and oxygen atoms in total. The second-order valence-electron chi connectivity index (χ2n) is 4.66. The van der Waals surface area contributed by atoms with Crippen LogP contribution in [-0.2, 0) is 0 Å². The van der Waals surface area contributed by atoms with Gasteiger partial charge in [0.05, 0.1) is 7.11 Å². The zero-order valence-electron chi connectivity index (χ0n) is 11.5. The number of thioether (sulfide) groups is 1. The third-order valence-electron chi connectivity index (χ3n) is 2.67. The summed E-state index contributed by atoms with van der Waals surface area (Å²) in [7, 11) is 3.41. The third kappa shape index (κ3) is 4.50. The molecule has 0 fully saturated rings. The summed E-state index contributed by atoms with van der Waals surface area (Å²) >= 11 is 1.85. The maximum Gasteiger partial charge on any atom is 0.131 e. The molecule has 0 heterocycles. The SMILES string of the molecule is CNC(CSCC(C)C)c1ccc(OC)cc1F. The molecule has 1 atom stereocenters. The molecule has 0 bridgehead atoms. The lowest BCUT2D eigenvalue weighted by molar-refractivity contribution is 0.410. The lowest BCUT2D eigenvalue weighted by Gasteiger charge is -2.18. The Balaban J connectivity index is 2.69. The minimum Gasteiger partial charge on any atom is -0.497 e. The fourth-order valence-corrected chi connectivity index (χ4v) is 2.86. The van der Waals surface area contributed by atoms with Crippen LogP contribution in [0.25, 0.3) is 0 Å². The number of hydrogen-bond acceptors (Lipinski definition) is 3. The molecule has 1 unspecified atom stereocenters. The first-order chi connectivity index (χ1) is 8.58. The van der Waals surface area contributed by atoms with E-state index in [0.29, 0.717) is 17.2 Å². The van der Waals surface area contributed by atoms with E-state index in [2.05, 4.69) is 19.2 Å². The normalized spacial score (nSPS) is 12.8. The Hall–Kier alpha value is -0.740. The summed E-state index contributed by atoms with van der Waals surface area (Å²) in [6, 6.07) is 5.08. The molecule has 1 aromatic carbocycles. The van der Waals surface area contributed by atoms with Gasteiger partial charge in [0.1, 0.15) is 11.6 Å². The first-order valence-electron chi connectivity index (χ1n) is 6.17.